The summed E-state index contributed by atoms with van der Waals surface area (Å²) in [5.74, 6) is -0.743. The lowest BCUT2D eigenvalue weighted by Crippen LogP contribution is -2.13. The zero-order chi connectivity index (χ0) is 18.4. The van der Waals surface area contributed by atoms with Crippen LogP contribution in [-0.2, 0) is 17.7 Å². The highest BCUT2D eigenvalue weighted by Gasteiger charge is 2.24. The van der Waals surface area contributed by atoms with Crippen LogP contribution >= 0.6 is 0 Å². The molecule has 0 aliphatic carbocycles. The van der Waals surface area contributed by atoms with Gasteiger partial charge in [0.1, 0.15) is 5.82 Å². The predicted octanol–water partition coefficient (Wildman–Crippen LogP) is 4.08. The summed E-state index contributed by atoms with van der Waals surface area (Å²) >= 11 is 0. The third-order valence-corrected chi connectivity index (χ3v) is 4.37. The van der Waals surface area contributed by atoms with E-state index in [1.807, 2.05) is 13.8 Å². The number of primary amides is 1. The molecule has 0 bridgehead atoms. The van der Waals surface area contributed by atoms with E-state index in [0.29, 0.717) is 18.8 Å². The van der Waals surface area contributed by atoms with Gasteiger partial charge in [0.15, 0.2) is 0 Å². The molecule has 0 aliphatic rings. The van der Waals surface area contributed by atoms with Crippen molar-refractivity contribution in [2.45, 2.75) is 46.6 Å². The number of rotatable bonds is 9. The highest BCUT2D eigenvalue weighted by molar-refractivity contribution is 6.02. The first-order chi connectivity index (χ1) is 12.0. The van der Waals surface area contributed by atoms with Crippen molar-refractivity contribution in [2.24, 2.45) is 5.73 Å². The Labute approximate surface area is 148 Å². The highest BCUT2D eigenvalue weighted by atomic mass is 19.1. The van der Waals surface area contributed by atoms with E-state index < -0.39 is 5.91 Å². The lowest BCUT2D eigenvalue weighted by Gasteiger charge is -2.13. The first-order valence-corrected chi connectivity index (χ1v) is 8.86. The third-order valence-electron chi connectivity index (χ3n) is 4.37. The minimum Gasteiger partial charge on any atom is -0.382 e. The predicted molar refractivity (Wildman–Crippen MR) is 98.2 cm³/mol. The molecule has 0 radical (unpaired) electrons. The van der Waals surface area contributed by atoms with Crippen molar-refractivity contribution in [1.82, 2.24) is 4.57 Å². The topological polar surface area (TPSA) is 57.2 Å². The minimum absolute atomic E-state index is 0.297. The smallest absolute Gasteiger partial charge is 0.251 e. The number of nitrogens with two attached hydrogens (primary N) is 1. The lowest BCUT2D eigenvalue weighted by atomic mass is 9.98. The molecule has 1 amide bonds. The van der Waals surface area contributed by atoms with Crippen LogP contribution in [0.3, 0.4) is 0 Å². The number of ether oxygens (including phenoxy) is 1. The number of amides is 1. The van der Waals surface area contributed by atoms with Crippen LogP contribution in [0.2, 0.25) is 0 Å². The maximum atomic E-state index is 13.3. The van der Waals surface area contributed by atoms with Gasteiger partial charge in [0.05, 0.1) is 5.56 Å². The molecule has 1 aromatic heterocycles. The SMILES string of the molecule is CCCc1c(-c2ccc(F)cc2)c(C(N)=O)c(C)n1CCCOCC. The fourth-order valence-electron chi connectivity index (χ4n) is 3.30. The van der Waals surface area contributed by atoms with E-state index in [-0.39, 0.29) is 5.82 Å². The standard InChI is InChI=1S/C20H27FN2O2/c1-4-7-17-19(15-8-10-16(21)11-9-15)18(20(22)24)14(3)23(17)12-6-13-25-5-2/h8-11H,4-7,12-13H2,1-3H3,(H2,22,24). The molecule has 0 atom stereocenters. The number of hydrogen-bond donors (Lipinski definition) is 1. The Bertz CT molecular complexity index is 720. The van der Waals surface area contributed by atoms with E-state index in [1.165, 1.54) is 12.1 Å². The number of aromatic nitrogens is 1. The monoisotopic (exact) mass is 346 g/mol. The largest absolute Gasteiger partial charge is 0.382 e. The van der Waals surface area contributed by atoms with E-state index >= 15 is 0 Å². The average Bonchev–Trinajstić information content (AvgIpc) is 2.85. The number of halogens is 1. The Balaban J connectivity index is 2.54. The molecule has 2 aromatic rings. The highest BCUT2D eigenvalue weighted by Crippen LogP contribution is 2.34. The van der Waals surface area contributed by atoms with Crippen molar-refractivity contribution >= 4 is 5.91 Å². The van der Waals surface area contributed by atoms with E-state index in [4.69, 9.17) is 10.5 Å². The van der Waals surface area contributed by atoms with E-state index in [0.717, 1.165) is 48.3 Å². The van der Waals surface area contributed by atoms with Crippen molar-refractivity contribution in [2.75, 3.05) is 13.2 Å². The summed E-state index contributed by atoms with van der Waals surface area (Å²) in [5.41, 5.74) is 9.83. The Morgan fingerprint density at radius 3 is 2.48 bits per heavy atom. The second-order valence-corrected chi connectivity index (χ2v) is 6.11. The quantitative estimate of drug-likeness (QED) is 0.696. The van der Waals surface area contributed by atoms with Crippen molar-refractivity contribution < 1.29 is 13.9 Å². The number of hydrogen-bond acceptors (Lipinski definition) is 2. The first-order valence-electron chi connectivity index (χ1n) is 8.86. The van der Waals surface area contributed by atoms with Gasteiger partial charge in [-0.15, -0.1) is 0 Å². The summed E-state index contributed by atoms with van der Waals surface area (Å²) in [6.45, 7) is 8.14. The van der Waals surface area contributed by atoms with Crippen LogP contribution in [0.5, 0.6) is 0 Å². The Kier molecular flexibility index (Phi) is 6.76. The van der Waals surface area contributed by atoms with Crippen LogP contribution in [0.15, 0.2) is 24.3 Å². The van der Waals surface area contributed by atoms with E-state index in [1.54, 1.807) is 12.1 Å². The normalized spacial score (nSPS) is 11.0. The molecule has 0 fully saturated rings. The van der Waals surface area contributed by atoms with Crippen molar-refractivity contribution in [3.8, 4) is 11.1 Å². The van der Waals surface area contributed by atoms with Crippen LogP contribution in [0, 0.1) is 12.7 Å². The molecule has 2 N–H and O–H groups in total. The molecule has 4 nitrogen and oxygen atoms in total. The van der Waals surface area contributed by atoms with Gasteiger partial charge in [-0.25, -0.2) is 4.39 Å². The summed E-state index contributed by atoms with van der Waals surface area (Å²) in [7, 11) is 0. The Morgan fingerprint density at radius 2 is 1.92 bits per heavy atom. The molecule has 0 saturated heterocycles. The van der Waals surface area contributed by atoms with Gasteiger partial charge in [-0.2, -0.15) is 0 Å². The molecule has 5 heteroatoms. The number of carbonyl (C=O) groups excluding carboxylic acids is 1. The van der Waals surface area contributed by atoms with E-state index in [9.17, 15) is 9.18 Å². The fraction of sp³-hybridized carbons (Fsp3) is 0.450. The summed E-state index contributed by atoms with van der Waals surface area (Å²) in [6.07, 6.45) is 2.64. The van der Waals surface area contributed by atoms with Crippen LogP contribution < -0.4 is 5.73 Å². The Hall–Kier alpha value is -2.14. The maximum absolute atomic E-state index is 13.3. The van der Waals surface area contributed by atoms with Crippen molar-refractivity contribution in [3.63, 3.8) is 0 Å². The van der Waals surface area contributed by atoms with Crippen LogP contribution in [0.1, 0.15) is 48.4 Å². The molecular weight excluding hydrogens is 319 g/mol. The first kappa shape index (κ1) is 19.2. The van der Waals surface area contributed by atoms with Gasteiger partial charge in [-0.3, -0.25) is 4.79 Å². The Morgan fingerprint density at radius 1 is 1.24 bits per heavy atom. The molecule has 25 heavy (non-hydrogen) atoms. The van der Waals surface area contributed by atoms with Gasteiger partial charge in [-0.05, 0) is 44.4 Å². The van der Waals surface area contributed by atoms with Crippen LogP contribution in [0.4, 0.5) is 4.39 Å². The number of nitrogens with zero attached hydrogens (tertiary/aromatic N) is 1. The molecule has 136 valence electrons. The minimum atomic E-state index is -0.447. The second kappa shape index (κ2) is 8.81. The number of carbonyl (C=O) groups is 1. The molecule has 0 unspecified atom stereocenters. The molecule has 1 aromatic carbocycles. The van der Waals surface area contributed by atoms with Gasteiger partial charge >= 0.3 is 0 Å². The van der Waals surface area contributed by atoms with Crippen molar-refractivity contribution in [1.29, 1.82) is 0 Å². The molecule has 0 aliphatic heterocycles. The number of benzene rings is 1. The van der Waals surface area contributed by atoms with Gasteiger partial charge in [0, 0.05) is 36.7 Å². The van der Waals surface area contributed by atoms with Gasteiger partial charge < -0.3 is 15.0 Å². The van der Waals surface area contributed by atoms with Gasteiger partial charge in [0.2, 0.25) is 0 Å². The van der Waals surface area contributed by atoms with Crippen LogP contribution in [-0.4, -0.2) is 23.7 Å². The van der Waals surface area contributed by atoms with E-state index in [2.05, 4.69) is 11.5 Å². The van der Waals surface area contributed by atoms with Crippen molar-refractivity contribution in [3.05, 3.63) is 47.0 Å². The molecular formula is C20H27FN2O2. The van der Waals surface area contributed by atoms with Gasteiger partial charge in [-0.1, -0.05) is 25.5 Å². The zero-order valence-corrected chi connectivity index (χ0v) is 15.3. The zero-order valence-electron chi connectivity index (χ0n) is 15.3. The average molecular weight is 346 g/mol. The fourth-order valence-corrected chi connectivity index (χ4v) is 3.30. The van der Waals surface area contributed by atoms with Gasteiger partial charge in [0.25, 0.3) is 5.91 Å². The third kappa shape index (κ3) is 4.28. The maximum Gasteiger partial charge on any atom is 0.251 e. The molecule has 0 spiro atoms. The molecule has 0 saturated carbocycles. The molecule has 2 rings (SSSR count). The van der Waals surface area contributed by atoms with Crippen LogP contribution in [0.25, 0.3) is 11.1 Å². The summed E-state index contributed by atoms with van der Waals surface area (Å²) in [5, 5.41) is 0. The second-order valence-electron chi connectivity index (χ2n) is 6.11. The lowest BCUT2D eigenvalue weighted by molar-refractivity contribution is 0.1000. The summed E-state index contributed by atoms with van der Waals surface area (Å²) in [6, 6.07) is 6.25. The summed E-state index contributed by atoms with van der Waals surface area (Å²) < 4.78 is 20.9. The molecule has 1 heterocycles. The summed E-state index contributed by atoms with van der Waals surface area (Å²) in [4.78, 5) is 12.1.